The average molecular weight is 441 g/mol. The van der Waals surface area contributed by atoms with Crippen molar-refractivity contribution >= 4 is 12.0 Å². The van der Waals surface area contributed by atoms with Gasteiger partial charge in [-0.25, -0.2) is 14.8 Å². The average Bonchev–Trinajstić information content (AvgIpc) is 3.49. The van der Waals surface area contributed by atoms with E-state index in [0.717, 1.165) is 49.3 Å². The van der Waals surface area contributed by atoms with Crippen LogP contribution in [0.5, 0.6) is 0 Å². The van der Waals surface area contributed by atoms with E-state index in [-0.39, 0.29) is 12.1 Å². The summed E-state index contributed by atoms with van der Waals surface area (Å²) in [5.74, 6) is 1.45. The summed E-state index contributed by atoms with van der Waals surface area (Å²) < 4.78 is 7.49. The summed E-state index contributed by atoms with van der Waals surface area (Å²) in [6, 6.07) is 2.47. The second kappa shape index (κ2) is 9.08. The van der Waals surface area contributed by atoms with Crippen molar-refractivity contribution in [3.05, 3.63) is 24.2 Å². The van der Waals surface area contributed by atoms with E-state index in [2.05, 4.69) is 15.4 Å². The molecule has 2 fully saturated rings. The zero-order chi connectivity index (χ0) is 22.9. The lowest BCUT2D eigenvalue weighted by Gasteiger charge is -2.35. The van der Waals surface area contributed by atoms with Crippen molar-refractivity contribution in [3.63, 3.8) is 0 Å². The lowest BCUT2D eigenvalue weighted by atomic mass is 9.90. The van der Waals surface area contributed by atoms with Crippen molar-refractivity contribution < 1.29 is 9.53 Å². The fourth-order valence-corrected chi connectivity index (χ4v) is 4.37. The Morgan fingerprint density at radius 2 is 1.94 bits per heavy atom. The number of nitrogens with zero attached hydrogens (tertiary/aromatic N) is 5. The Morgan fingerprint density at radius 3 is 2.59 bits per heavy atom. The van der Waals surface area contributed by atoms with E-state index >= 15 is 0 Å². The molecule has 2 heterocycles. The molecule has 8 heteroatoms. The van der Waals surface area contributed by atoms with Crippen molar-refractivity contribution in [1.82, 2.24) is 24.6 Å². The third kappa shape index (κ3) is 5.58. The first-order chi connectivity index (χ1) is 15.2. The van der Waals surface area contributed by atoms with Crippen molar-refractivity contribution in [1.29, 1.82) is 0 Å². The molecule has 0 bridgehead atoms. The number of aryl methyl sites for hydroxylation is 1. The van der Waals surface area contributed by atoms with E-state index in [9.17, 15) is 4.79 Å². The molecule has 0 spiro atoms. The molecule has 4 rings (SSSR count). The molecule has 2 aliphatic carbocycles. The van der Waals surface area contributed by atoms with Gasteiger partial charge in [-0.1, -0.05) is 0 Å². The Hall–Kier alpha value is -2.64. The maximum Gasteiger partial charge on any atom is 0.410 e. The first-order valence-corrected chi connectivity index (χ1v) is 11.8. The van der Waals surface area contributed by atoms with Gasteiger partial charge in [0.15, 0.2) is 0 Å². The second-order valence-corrected chi connectivity index (χ2v) is 10.3. The van der Waals surface area contributed by atoms with E-state index in [1.54, 1.807) is 4.90 Å². The Bertz CT molecular complexity index is 938. The Labute approximate surface area is 190 Å². The van der Waals surface area contributed by atoms with Crippen LogP contribution in [-0.2, 0) is 18.2 Å². The van der Waals surface area contributed by atoms with Crippen LogP contribution in [0.4, 0.5) is 10.7 Å². The van der Waals surface area contributed by atoms with E-state index in [1.807, 2.05) is 58.0 Å². The minimum atomic E-state index is -0.473. The Morgan fingerprint density at radius 1 is 1.22 bits per heavy atom. The number of hydrogen-bond donors (Lipinski definition) is 1. The SMILES string of the molecule is CN(C(=O)OC(C)(C)C)C1CCC(Nc2nccc(-c3cnn(C)c3CC3CC3)n2)CC1. The zero-order valence-electron chi connectivity index (χ0n) is 20.0. The number of rotatable bonds is 6. The highest BCUT2D eigenvalue weighted by molar-refractivity contribution is 5.68. The first kappa shape index (κ1) is 22.6. The summed E-state index contributed by atoms with van der Waals surface area (Å²) in [6.45, 7) is 5.69. The molecule has 32 heavy (non-hydrogen) atoms. The van der Waals surface area contributed by atoms with Crippen molar-refractivity contribution in [2.75, 3.05) is 12.4 Å². The summed E-state index contributed by atoms with van der Waals surface area (Å²) in [4.78, 5) is 23.4. The number of nitrogens with one attached hydrogen (secondary N) is 1. The van der Waals surface area contributed by atoms with Crippen molar-refractivity contribution in [2.24, 2.45) is 13.0 Å². The highest BCUT2D eigenvalue weighted by Gasteiger charge is 2.30. The van der Waals surface area contributed by atoms with E-state index < -0.39 is 5.60 Å². The van der Waals surface area contributed by atoms with E-state index in [4.69, 9.17) is 9.72 Å². The molecule has 2 saturated carbocycles. The number of ether oxygens (including phenoxy) is 1. The van der Waals surface area contributed by atoms with Gasteiger partial charge in [0.2, 0.25) is 5.95 Å². The lowest BCUT2D eigenvalue weighted by molar-refractivity contribution is 0.0185. The largest absolute Gasteiger partial charge is 0.444 e. The molecule has 0 saturated heterocycles. The lowest BCUT2D eigenvalue weighted by Crippen LogP contribution is -2.43. The second-order valence-electron chi connectivity index (χ2n) is 10.3. The quantitative estimate of drug-likeness (QED) is 0.716. The molecular weight excluding hydrogens is 404 g/mol. The van der Waals surface area contributed by atoms with Crippen LogP contribution >= 0.6 is 0 Å². The maximum absolute atomic E-state index is 12.4. The smallest absolute Gasteiger partial charge is 0.410 e. The van der Waals surface area contributed by atoms with Crippen LogP contribution in [0.25, 0.3) is 11.3 Å². The molecule has 2 aromatic heterocycles. The van der Waals surface area contributed by atoms with Gasteiger partial charge in [-0.05, 0) is 77.7 Å². The first-order valence-electron chi connectivity index (χ1n) is 11.8. The summed E-state index contributed by atoms with van der Waals surface area (Å²) in [7, 11) is 3.85. The van der Waals surface area contributed by atoms with E-state index in [1.165, 1.54) is 18.5 Å². The van der Waals surface area contributed by atoms with Gasteiger partial charge in [-0.15, -0.1) is 0 Å². The number of carbonyl (C=O) groups excluding carboxylic acids is 1. The number of amides is 1. The molecule has 174 valence electrons. The molecule has 1 amide bonds. The monoisotopic (exact) mass is 440 g/mol. The summed E-state index contributed by atoms with van der Waals surface area (Å²) >= 11 is 0. The van der Waals surface area contributed by atoms with Gasteiger partial charge in [0.25, 0.3) is 0 Å². The third-order valence-electron chi connectivity index (χ3n) is 6.43. The standard InChI is InChI=1S/C24H36N6O2/c1-24(2,3)32-23(31)29(4)18-10-8-17(9-11-18)27-22-25-13-12-20(28-22)19-15-26-30(5)21(19)14-16-6-7-16/h12-13,15-18H,6-11,14H2,1-5H3,(H,25,27,28). The molecular formula is C24H36N6O2. The van der Waals surface area contributed by atoms with E-state index in [0.29, 0.717) is 12.0 Å². The van der Waals surface area contributed by atoms with Crippen molar-refractivity contribution in [3.8, 4) is 11.3 Å². The summed E-state index contributed by atoms with van der Waals surface area (Å²) in [5.41, 5.74) is 2.80. The highest BCUT2D eigenvalue weighted by atomic mass is 16.6. The molecule has 0 aliphatic heterocycles. The van der Waals surface area contributed by atoms with Gasteiger partial charge in [-0.3, -0.25) is 4.68 Å². The number of aromatic nitrogens is 4. The number of carbonyl (C=O) groups is 1. The van der Waals surface area contributed by atoms with Gasteiger partial charge in [-0.2, -0.15) is 5.10 Å². The number of hydrogen-bond acceptors (Lipinski definition) is 6. The van der Waals surface area contributed by atoms with Crippen LogP contribution < -0.4 is 5.32 Å². The summed E-state index contributed by atoms with van der Waals surface area (Å²) in [5, 5.41) is 7.99. The van der Waals surface area contributed by atoms with Gasteiger partial charge < -0.3 is 15.0 Å². The molecule has 0 radical (unpaired) electrons. The zero-order valence-corrected chi connectivity index (χ0v) is 20.0. The van der Waals surface area contributed by atoms with Crippen molar-refractivity contribution in [2.45, 2.75) is 83.4 Å². The predicted octanol–water partition coefficient (Wildman–Crippen LogP) is 4.42. The fraction of sp³-hybridized carbons (Fsp3) is 0.667. The van der Waals surface area contributed by atoms with Crippen LogP contribution in [0.1, 0.15) is 65.0 Å². The molecule has 2 aromatic rings. The third-order valence-corrected chi connectivity index (χ3v) is 6.43. The van der Waals surface area contributed by atoms with Gasteiger partial charge in [0, 0.05) is 43.6 Å². The van der Waals surface area contributed by atoms with Crippen LogP contribution in [0.2, 0.25) is 0 Å². The minimum absolute atomic E-state index is 0.204. The molecule has 0 aromatic carbocycles. The topological polar surface area (TPSA) is 85.2 Å². The van der Waals surface area contributed by atoms with Crippen LogP contribution in [-0.4, -0.2) is 55.5 Å². The fourth-order valence-electron chi connectivity index (χ4n) is 4.37. The molecule has 8 nitrogen and oxygen atoms in total. The molecule has 0 atom stereocenters. The minimum Gasteiger partial charge on any atom is -0.444 e. The maximum atomic E-state index is 12.4. The molecule has 1 N–H and O–H groups in total. The van der Waals surface area contributed by atoms with Gasteiger partial charge in [0.1, 0.15) is 5.60 Å². The Kier molecular flexibility index (Phi) is 6.40. The summed E-state index contributed by atoms with van der Waals surface area (Å²) in [6.07, 6.45) is 11.0. The van der Waals surface area contributed by atoms with Crippen LogP contribution in [0.15, 0.2) is 18.5 Å². The van der Waals surface area contributed by atoms with Crippen LogP contribution in [0.3, 0.4) is 0 Å². The highest BCUT2D eigenvalue weighted by Crippen LogP contribution is 2.35. The van der Waals surface area contributed by atoms with Gasteiger partial charge >= 0.3 is 6.09 Å². The molecule has 0 unspecified atom stereocenters. The molecule has 2 aliphatic rings. The number of anilines is 1. The Balaban J connectivity index is 1.35. The van der Waals surface area contributed by atoms with Crippen LogP contribution in [0, 0.1) is 5.92 Å². The van der Waals surface area contributed by atoms with Gasteiger partial charge in [0.05, 0.1) is 11.9 Å². The normalized spacial score (nSPS) is 21.3. The predicted molar refractivity (Wildman–Crippen MR) is 124 cm³/mol.